The van der Waals surface area contributed by atoms with Gasteiger partial charge >= 0.3 is 5.95 Å². The SMILES string of the molecule is CC(C)c1cc(C(C)C)c(S(=O)(=O)n2cnc([N+](=O)[O-])n2)c(C(C)C)c1. The molecular formula is C17H24N4O4S. The molecule has 1 heterocycles. The summed E-state index contributed by atoms with van der Waals surface area (Å²) in [7, 11) is -4.11. The molecule has 142 valence electrons. The fraction of sp³-hybridized carbons (Fsp3) is 0.529. The quantitative estimate of drug-likeness (QED) is 0.557. The fourth-order valence-corrected chi connectivity index (χ4v) is 4.45. The lowest BCUT2D eigenvalue weighted by Crippen LogP contribution is -2.19. The standard InChI is InChI=1S/C17H24N4O4S/c1-10(2)13-7-14(11(3)4)16(15(8-13)12(5)6)26(24,25)20-9-18-17(19-20)21(22)23/h7-12H,1-6H3. The lowest BCUT2D eigenvalue weighted by Gasteiger charge is -2.21. The summed E-state index contributed by atoms with van der Waals surface area (Å²) in [5, 5.41) is 14.4. The predicted octanol–water partition coefficient (Wildman–Crippen LogP) is 3.79. The molecule has 1 aromatic heterocycles. The van der Waals surface area contributed by atoms with Crippen LogP contribution in [0.3, 0.4) is 0 Å². The summed E-state index contributed by atoms with van der Waals surface area (Å²) < 4.78 is 27.1. The fourth-order valence-electron chi connectivity index (χ4n) is 2.72. The largest absolute Gasteiger partial charge is 0.492 e. The second-order valence-electron chi connectivity index (χ2n) is 7.17. The third-order valence-corrected chi connectivity index (χ3v) is 5.86. The van der Waals surface area contributed by atoms with Crippen LogP contribution in [0.15, 0.2) is 23.4 Å². The summed E-state index contributed by atoms with van der Waals surface area (Å²) in [4.78, 5) is 13.6. The minimum atomic E-state index is -4.11. The third-order valence-electron chi connectivity index (χ3n) is 4.21. The van der Waals surface area contributed by atoms with Crippen molar-refractivity contribution in [2.75, 3.05) is 0 Å². The summed E-state index contributed by atoms with van der Waals surface area (Å²) in [6.45, 7) is 11.8. The molecule has 0 fully saturated rings. The molecule has 0 saturated heterocycles. The van der Waals surface area contributed by atoms with E-state index in [0.29, 0.717) is 15.2 Å². The Hall–Kier alpha value is -2.29. The Bertz CT molecular complexity index is 901. The molecule has 2 rings (SSSR count). The van der Waals surface area contributed by atoms with E-state index in [1.807, 2.05) is 39.8 Å². The van der Waals surface area contributed by atoms with Crippen LogP contribution in [0.2, 0.25) is 0 Å². The molecule has 9 heteroatoms. The van der Waals surface area contributed by atoms with Crippen LogP contribution in [0, 0.1) is 10.1 Å². The van der Waals surface area contributed by atoms with E-state index in [1.165, 1.54) is 0 Å². The third kappa shape index (κ3) is 3.62. The lowest BCUT2D eigenvalue weighted by molar-refractivity contribution is -0.394. The first-order valence-electron chi connectivity index (χ1n) is 8.46. The zero-order valence-corrected chi connectivity index (χ0v) is 16.6. The Morgan fingerprint density at radius 1 is 1.00 bits per heavy atom. The maximum Gasteiger partial charge on any atom is 0.492 e. The maximum absolute atomic E-state index is 13.2. The Morgan fingerprint density at radius 3 is 1.85 bits per heavy atom. The van der Waals surface area contributed by atoms with E-state index in [0.717, 1.165) is 11.9 Å². The molecule has 26 heavy (non-hydrogen) atoms. The topological polar surface area (TPSA) is 108 Å². The van der Waals surface area contributed by atoms with Crippen molar-refractivity contribution >= 4 is 16.0 Å². The highest BCUT2D eigenvalue weighted by molar-refractivity contribution is 7.90. The van der Waals surface area contributed by atoms with Crippen LogP contribution in [0.5, 0.6) is 0 Å². The summed E-state index contributed by atoms with van der Waals surface area (Å²) in [6, 6.07) is 3.80. The molecule has 0 aliphatic carbocycles. The molecule has 0 spiro atoms. The number of nitro groups is 1. The van der Waals surface area contributed by atoms with Crippen molar-refractivity contribution in [1.29, 1.82) is 0 Å². The van der Waals surface area contributed by atoms with Gasteiger partial charge in [-0.2, -0.15) is 8.42 Å². The van der Waals surface area contributed by atoms with Crippen molar-refractivity contribution in [1.82, 2.24) is 14.2 Å². The van der Waals surface area contributed by atoms with Gasteiger partial charge in [-0.15, -0.1) is 0 Å². The number of rotatable bonds is 6. The number of aromatic nitrogens is 3. The Kier molecular flexibility index (Phi) is 5.50. The highest BCUT2D eigenvalue weighted by Crippen LogP contribution is 2.35. The molecule has 0 amide bonds. The zero-order valence-electron chi connectivity index (χ0n) is 15.8. The first kappa shape index (κ1) is 20.0. The minimum Gasteiger partial charge on any atom is -0.390 e. The monoisotopic (exact) mass is 380 g/mol. The summed E-state index contributed by atoms with van der Waals surface area (Å²) >= 11 is 0. The van der Waals surface area contributed by atoms with E-state index in [4.69, 9.17) is 0 Å². The molecule has 0 atom stereocenters. The molecule has 1 aromatic carbocycles. The summed E-state index contributed by atoms with van der Waals surface area (Å²) in [6.07, 6.45) is 0.873. The van der Waals surface area contributed by atoms with Gasteiger partial charge < -0.3 is 10.1 Å². The van der Waals surface area contributed by atoms with Crippen molar-refractivity contribution in [3.63, 3.8) is 0 Å². The lowest BCUT2D eigenvalue weighted by atomic mass is 9.89. The van der Waals surface area contributed by atoms with Crippen LogP contribution in [0.25, 0.3) is 0 Å². The Balaban J connectivity index is 2.82. The molecule has 0 aliphatic rings. The maximum atomic E-state index is 13.2. The van der Waals surface area contributed by atoms with Gasteiger partial charge in [-0.3, -0.25) is 0 Å². The molecule has 8 nitrogen and oxygen atoms in total. The number of benzene rings is 1. The van der Waals surface area contributed by atoms with Gasteiger partial charge in [0.05, 0.1) is 4.90 Å². The molecule has 0 radical (unpaired) electrons. The van der Waals surface area contributed by atoms with E-state index < -0.39 is 20.9 Å². The van der Waals surface area contributed by atoms with E-state index in [1.54, 1.807) is 0 Å². The average Bonchev–Trinajstić information content (AvgIpc) is 3.04. The Labute approximate surface area is 153 Å². The van der Waals surface area contributed by atoms with Gasteiger partial charge in [0.25, 0.3) is 10.0 Å². The number of nitrogens with zero attached hydrogens (tertiary/aromatic N) is 4. The molecule has 0 bridgehead atoms. The van der Waals surface area contributed by atoms with Crippen LogP contribution in [-0.4, -0.2) is 27.5 Å². The number of hydrogen-bond donors (Lipinski definition) is 0. The van der Waals surface area contributed by atoms with Crippen LogP contribution in [-0.2, 0) is 10.0 Å². The van der Waals surface area contributed by atoms with E-state index >= 15 is 0 Å². The molecule has 0 unspecified atom stereocenters. The van der Waals surface area contributed by atoms with Gasteiger partial charge in [-0.1, -0.05) is 57.8 Å². The van der Waals surface area contributed by atoms with Crippen molar-refractivity contribution in [3.8, 4) is 0 Å². The molecule has 0 saturated carbocycles. The highest BCUT2D eigenvalue weighted by atomic mass is 32.2. The second kappa shape index (κ2) is 7.14. The van der Waals surface area contributed by atoms with E-state index in [2.05, 4.69) is 23.9 Å². The minimum absolute atomic E-state index is 0.0468. The van der Waals surface area contributed by atoms with E-state index in [9.17, 15) is 18.5 Å². The van der Waals surface area contributed by atoms with Gasteiger partial charge in [0.2, 0.25) is 6.33 Å². The molecule has 0 N–H and O–H groups in total. The summed E-state index contributed by atoms with van der Waals surface area (Å²) in [5.74, 6) is -0.595. The van der Waals surface area contributed by atoms with Crippen molar-refractivity contribution < 1.29 is 13.3 Å². The first-order chi connectivity index (χ1) is 12.0. The highest BCUT2D eigenvalue weighted by Gasteiger charge is 2.32. The molecular weight excluding hydrogens is 356 g/mol. The van der Waals surface area contributed by atoms with Crippen LogP contribution < -0.4 is 0 Å². The van der Waals surface area contributed by atoms with E-state index in [-0.39, 0.29) is 22.6 Å². The second-order valence-corrected chi connectivity index (χ2v) is 8.90. The van der Waals surface area contributed by atoms with Gasteiger partial charge in [0, 0.05) is 5.10 Å². The van der Waals surface area contributed by atoms with Gasteiger partial charge in [0.15, 0.2) is 0 Å². The van der Waals surface area contributed by atoms with Gasteiger partial charge in [-0.05, 0) is 44.4 Å². The van der Waals surface area contributed by atoms with Crippen molar-refractivity contribution in [2.45, 2.75) is 64.2 Å². The summed E-state index contributed by atoms with van der Waals surface area (Å²) in [5.41, 5.74) is 2.41. The van der Waals surface area contributed by atoms with Gasteiger partial charge in [-0.25, -0.2) is 0 Å². The molecule has 0 aliphatic heterocycles. The zero-order chi connectivity index (χ0) is 19.8. The van der Waals surface area contributed by atoms with Crippen molar-refractivity contribution in [2.24, 2.45) is 0 Å². The number of hydrogen-bond acceptors (Lipinski definition) is 6. The van der Waals surface area contributed by atoms with Crippen LogP contribution in [0.4, 0.5) is 5.95 Å². The van der Waals surface area contributed by atoms with Crippen LogP contribution in [0.1, 0.15) is 76.0 Å². The van der Waals surface area contributed by atoms with Gasteiger partial charge in [0.1, 0.15) is 0 Å². The predicted molar refractivity (Wildman–Crippen MR) is 98.0 cm³/mol. The normalized spacial score (nSPS) is 12.3. The first-order valence-corrected chi connectivity index (χ1v) is 9.90. The van der Waals surface area contributed by atoms with Crippen molar-refractivity contribution in [3.05, 3.63) is 45.3 Å². The average molecular weight is 380 g/mol. The Morgan fingerprint density at radius 2 is 1.50 bits per heavy atom. The smallest absolute Gasteiger partial charge is 0.390 e. The molecule has 2 aromatic rings. The van der Waals surface area contributed by atoms with Crippen LogP contribution >= 0.6 is 0 Å².